The van der Waals surface area contributed by atoms with E-state index in [2.05, 4.69) is 0 Å². The minimum Gasteiger partial charge on any atom is -0.224 e. The molecule has 0 aromatic heterocycles. The molecule has 0 saturated carbocycles. The number of sulfone groups is 1. The van der Waals surface area contributed by atoms with Crippen LogP contribution in [-0.2, 0) is 9.84 Å². The van der Waals surface area contributed by atoms with Gasteiger partial charge < -0.3 is 0 Å². The number of unbranched alkanes of at least 4 members (excludes halogenated alkanes) is 2. The molecule has 0 unspecified atom stereocenters. The molecule has 17 heavy (non-hydrogen) atoms. The summed E-state index contributed by atoms with van der Waals surface area (Å²) in [4.78, 5) is 0.0147. The van der Waals surface area contributed by atoms with Crippen LogP contribution < -0.4 is 0 Å². The van der Waals surface area contributed by atoms with E-state index in [4.69, 9.17) is 16.9 Å². The molecule has 0 bridgehead atoms. The maximum atomic E-state index is 12.9. The first kappa shape index (κ1) is 13.9. The summed E-state index contributed by atoms with van der Waals surface area (Å²) in [6.45, 7) is 0. The van der Waals surface area contributed by atoms with Crippen molar-refractivity contribution in [3.63, 3.8) is 0 Å². The lowest BCUT2D eigenvalue weighted by Crippen LogP contribution is -2.07. The Balaban J connectivity index is 2.76. The first-order chi connectivity index (χ1) is 7.97. The Morgan fingerprint density at radius 3 is 2.65 bits per heavy atom. The van der Waals surface area contributed by atoms with Crippen molar-refractivity contribution in [1.82, 2.24) is 0 Å². The summed E-state index contributed by atoms with van der Waals surface area (Å²) in [5.41, 5.74) is 0. The maximum absolute atomic E-state index is 12.9. The molecule has 1 aromatic rings. The summed E-state index contributed by atoms with van der Waals surface area (Å²) >= 11 is 5.52. The highest BCUT2D eigenvalue weighted by Crippen LogP contribution is 2.21. The van der Waals surface area contributed by atoms with Crippen LogP contribution in [0.25, 0.3) is 0 Å². The summed E-state index contributed by atoms with van der Waals surface area (Å²) in [5, 5.41) is 8.12. The Hall–Kier alpha value is -1.12. The third kappa shape index (κ3) is 3.99. The lowest BCUT2D eigenvalue weighted by atomic mass is 10.3. The van der Waals surface area contributed by atoms with Gasteiger partial charge >= 0.3 is 0 Å². The molecule has 0 aliphatic heterocycles. The van der Waals surface area contributed by atoms with Crippen molar-refractivity contribution in [3.05, 3.63) is 29.0 Å². The van der Waals surface area contributed by atoms with Gasteiger partial charge in [-0.1, -0.05) is 11.6 Å². The van der Waals surface area contributed by atoms with Crippen molar-refractivity contribution in [3.8, 4) is 6.07 Å². The molecule has 6 heteroatoms. The van der Waals surface area contributed by atoms with Crippen molar-refractivity contribution in [2.45, 2.75) is 24.2 Å². The first-order valence-electron chi connectivity index (χ1n) is 5.02. The molecule has 0 atom stereocenters. The Labute approximate surface area is 105 Å². The molecule has 1 aromatic carbocycles. The van der Waals surface area contributed by atoms with Crippen LogP contribution in [0.15, 0.2) is 23.1 Å². The second-order valence-electron chi connectivity index (χ2n) is 3.51. The molecule has 0 heterocycles. The fourth-order valence-electron chi connectivity index (χ4n) is 1.28. The molecule has 0 spiro atoms. The Morgan fingerprint density at radius 2 is 2.06 bits per heavy atom. The van der Waals surface area contributed by atoms with Crippen LogP contribution in [0.2, 0.25) is 5.02 Å². The lowest BCUT2D eigenvalue weighted by Gasteiger charge is -2.04. The number of hydrogen-bond donors (Lipinski definition) is 0. The van der Waals surface area contributed by atoms with Gasteiger partial charge in [0.2, 0.25) is 0 Å². The highest BCUT2D eigenvalue weighted by atomic mass is 35.5. The van der Waals surface area contributed by atoms with Gasteiger partial charge in [-0.3, -0.25) is 0 Å². The molecule has 0 amide bonds. The molecule has 0 aliphatic carbocycles. The van der Waals surface area contributed by atoms with Crippen molar-refractivity contribution >= 4 is 21.4 Å². The van der Waals surface area contributed by atoms with Gasteiger partial charge in [-0.25, -0.2) is 12.8 Å². The van der Waals surface area contributed by atoms with Crippen LogP contribution in [0, 0.1) is 17.1 Å². The smallest absolute Gasteiger partial charge is 0.178 e. The average Bonchev–Trinajstić information content (AvgIpc) is 2.28. The van der Waals surface area contributed by atoms with E-state index in [0.29, 0.717) is 19.3 Å². The van der Waals surface area contributed by atoms with Gasteiger partial charge in [-0.2, -0.15) is 5.26 Å². The third-order valence-electron chi connectivity index (χ3n) is 2.20. The molecule has 3 nitrogen and oxygen atoms in total. The zero-order chi connectivity index (χ0) is 12.9. The van der Waals surface area contributed by atoms with E-state index in [9.17, 15) is 12.8 Å². The Kier molecular flexibility index (Phi) is 4.91. The zero-order valence-electron chi connectivity index (χ0n) is 8.99. The van der Waals surface area contributed by atoms with Gasteiger partial charge in [-0.15, -0.1) is 0 Å². The maximum Gasteiger partial charge on any atom is 0.178 e. The van der Waals surface area contributed by atoms with Gasteiger partial charge in [0.15, 0.2) is 9.84 Å². The molecule has 0 N–H and O–H groups in total. The second-order valence-corrected chi connectivity index (χ2v) is 6.03. The number of nitrogens with zero attached hydrogens (tertiary/aromatic N) is 1. The third-order valence-corrected chi connectivity index (χ3v) is 4.29. The predicted molar refractivity (Wildman–Crippen MR) is 62.9 cm³/mol. The fourth-order valence-corrected chi connectivity index (χ4v) is 2.92. The zero-order valence-corrected chi connectivity index (χ0v) is 10.6. The minimum atomic E-state index is -3.44. The summed E-state index contributed by atoms with van der Waals surface area (Å²) < 4.78 is 36.5. The normalized spacial score (nSPS) is 11.1. The fraction of sp³-hybridized carbons (Fsp3) is 0.364. The van der Waals surface area contributed by atoms with Crippen LogP contribution in [0.5, 0.6) is 0 Å². The van der Waals surface area contributed by atoms with E-state index in [-0.39, 0.29) is 15.7 Å². The summed E-state index contributed by atoms with van der Waals surface area (Å²) in [6, 6.07) is 5.28. The molecular formula is C11H11ClFNO2S. The Morgan fingerprint density at radius 1 is 1.35 bits per heavy atom. The molecule has 0 saturated heterocycles. The highest BCUT2D eigenvalue weighted by Gasteiger charge is 2.15. The SMILES string of the molecule is N#CCCCCS(=O)(=O)c1ccc(F)c(Cl)c1. The van der Waals surface area contributed by atoms with Gasteiger partial charge in [0, 0.05) is 6.42 Å². The Bertz CT molecular complexity index is 537. The van der Waals surface area contributed by atoms with E-state index in [1.165, 1.54) is 6.07 Å². The molecule has 1 rings (SSSR count). The van der Waals surface area contributed by atoms with E-state index < -0.39 is 15.7 Å². The van der Waals surface area contributed by atoms with Crippen molar-refractivity contribution in [2.24, 2.45) is 0 Å². The topological polar surface area (TPSA) is 57.9 Å². The van der Waals surface area contributed by atoms with Crippen LogP contribution in [0.4, 0.5) is 4.39 Å². The minimum absolute atomic E-state index is 0.0147. The average molecular weight is 276 g/mol. The van der Waals surface area contributed by atoms with Crippen molar-refractivity contribution in [2.75, 3.05) is 5.75 Å². The van der Waals surface area contributed by atoms with Crippen LogP contribution >= 0.6 is 11.6 Å². The standard InChI is InChI=1S/C11H11ClFNO2S/c12-10-8-9(4-5-11(10)13)17(15,16)7-3-1-2-6-14/h4-5,8H,1-3,7H2. The molecule has 92 valence electrons. The van der Waals surface area contributed by atoms with Crippen LogP contribution in [0.3, 0.4) is 0 Å². The first-order valence-corrected chi connectivity index (χ1v) is 7.05. The molecule has 0 fully saturated rings. The number of halogens is 2. The van der Waals surface area contributed by atoms with Gasteiger partial charge in [0.1, 0.15) is 5.82 Å². The monoisotopic (exact) mass is 275 g/mol. The van der Waals surface area contributed by atoms with Crippen LogP contribution in [-0.4, -0.2) is 14.2 Å². The van der Waals surface area contributed by atoms with Crippen molar-refractivity contribution < 1.29 is 12.8 Å². The van der Waals surface area contributed by atoms with E-state index >= 15 is 0 Å². The van der Waals surface area contributed by atoms with E-state index in [1.54, 1.807) is 0 Å². The van der Waals surface area contributed by atoms with Gasteiger partial charge in [0.25, 0.3) is 0 Å². The second kappa shape index (κ2) is 5.99. The summed E-state index contributed by atoms with van der Waals surface area (Å²) in [6.07, 6.45) is 1.27. The van der Waals surface area contributed by atoms with Crippen LogP contribution in [0.1, 0.15) is 19.3 Å². The number of rotatable bonds is 5. The van der Waals surface area contributed by atoms with Gasteiger partial charge in [-0.05, 0) is 31.0 Å². The highest BCUT2D eigenvalue weighted by molar-refractivity contribution is 7.91. The largest absolute Gasteiger partial charge is 0.224 e. The molecule has 0 radical (unpaired) electrons. The molecular weight excluding hydrogens is 265 g/mol. The lowest BCUT2D eigenvalue weighted by molar-refractivity contribution is 0.590. The number of nitriles is 1. The number of benzene rings is 1. The van der Waals surface area contributed by atoms with E-state index in [0.717, 1.165) is 12.1 Å². The van der Waals surface area contributed by atoms with Crippen molar-refractivity contribution in [1.29, 1.82) is 5.26 Å². The number of hydrogen-bond acceptors (Lipinski definition) is 3. The predicted octanol–water partition coefficient (Wildman–Crippen LogP) is 2.95. The quantitative estimate of drug-likeness (QED) is 0.613. The van der Waals surface area contributed by atoms with E-state index in [1.807, 2.05) is 6.07 Å². The summed E-state index contributed by atoms with van der Waals surface area (Å²) in [7, 11) is -3.44. The molecule has 0 aliphatic rings. The summed E-state index contributed by atoms with van der Waals surface area (Å²) in [5.74, 6) is -0.702. The van der Waals surface area contributed by atoms with Gasteiger partial charge in [0.05, 0.1) is 21.7 Å².